The van der Waals surface area contributed by atoms with Crippen molar-refractivity contribution in [2.24, 2.45) is 0 Å². The van der Waals surface area contributed by atoms with Crippen molar-refractivity contribution >= 4 is 23.2 Å². The Morgan fingerprint density at radius 1 is 1.17 bits per heavy atom. The molecule has 3 rings (SSSR count). The van der Waals surface area contributed by atoms with Crippen LogP contribution < -0.4 is 19.5 Å². The first-order valence-electron chi connectivity index (χ1n) is 7.17. The second-order valence-corrected chi connectivity index (χ2v) is 5.48. The first-order valence-corrected chi connectivity index (χ1v) is 7.55. The summed E-state index contributed by atoms with van der Waals surface area (Å²) in [6, 6.07) is 10.5. The third-order valence-electron chi connectivity index (χ3n) is 3.42. The van der Waals surface area contributed by atoms with Crippen molar-refractivity contribution in [3.05, 3.63) is 47.0 Å². The molecule has 1 N–H and O–H groups in total. The average molecular weight is 334 g/mol. The number of methoxy groups -OCH3 is 1. The highest BCUT2D eigenvalue weighted by Gasteiger charge is 2.14. The van der Waals surface area contributed by atoms with Gasteiger partial charge >= 0.3 is 0 Å². The Bertz CT molecular complexity index is 733. The highest BCUT2D eigenvalue weighted by Crippen LogP contribution is 2.32. The van der Waals surface area contributed by atoms with Gasteiger partial charge in [0.05, 0.1) is 13.5 Å². The van der Waals surface area contributed by atoms with Gasteiger partial charge in [0.15, 0.2) is 11.5 Å². The summed E-state index contributed by atoms with van der Waals surface area (Å²) in [6.07, 6.45) is 0.165. The number of halogens is 1. The Hall–Kier alpha value is -2.40. The predicted molar refractivity (Wildman–Crippen MR) is 87.8 cm³/mol. The van der Waals surface area contributed by atoms with Crippen LogP contribution in [0.1, 0.15) is 5.56 Å². The fraction of sp³-hybridized carbons (Fsp3) is 0.235. The molecule has 0 aliphatic carbocycles. The topological polar surface area (TPSA) is 56.8 Å². The van der Waals surface area contributed by atoms with E-state index in [1.165, 1.54) is 0 Å². The van der Waals surface area contributed by atoms with Gasteiger partial charge in [-0.15, -0.1) is 0 Å². The average Bonchev–Trinajstić information content (AvgIpc) is 2.55. The number of anilines is 1. The van der Waals surface area contributed by atoms with Gasteiger partial charge < -0.3 is 19.5 Å². The zero-order valence-electron chi connectivity index (χ0n) is 12.6. The van der Waals surface area contributed by atoms with Crippen LogP contribution in [0.15, 0.2) is 36.4 Å². The van der Waals surface area contributed by atoms with Crippen molar-refractivity contribution in [3.8, 4) is 17.2 Å². The minimum absolute atomic E-state index is 0.165. The molecule has 0 fully saturated rings. The molecule has 23 heavy (non-hydrogen) atoms. The van der Waals surface area contributed by atoms with Crippen LogP contribution in [-0.4, -0.2) is 26.2 Å². The molecule has 5 nitrogen and oxygen atoms in total. The molecule has 1 heterocycles. The second kappa shape index (κ2) is 6.79. The second-order valence-electron chi connectivity index (χ2n) is 5.04. The maximum atomic E-state index is 12.2. The van der Waals surface area contributed by atoms with Crippen molar-refractivity contribution in [3.63, 3.8) is 0 Å². The van der Waals surface area contributed by atoms with Crippen LogP contribution in [0.4, 0.5) is 5.69 Å². The van der Waals surface area contributed by atoms with E-state index in [0.717, 1.165) is 5.56 Å². The number of carbonyl (C=O) groups is 1. The van der Waals surface area contributed by atoms with Crippen LogP contribution in [0.3, 0.4) is 0 Å². The van der Waals surface area contributed by atoms with E-state index in [-0.39, 0.29) is 12.3 Å². The summed E-state index contributed by atoms with van der Waals surface area (Å²) in [7, 11) is 1.56. The molecule has 0 spiro atoms. The molecule has 0 bridgehead atoms. The molecule has 0 atom stereocenters. The van der Waals surface area contributed by atoms with Crippen molar-refractivity contribution in [1.82, 2.24) is 0 Å². The summed E-state index contributed by atoms with van der Waals surface area (Å²) in [4.78, 5) is 12.2. The minimum atomic E-state index is -0.165. The van der Waals surface area contributed by atoms with E-state index >= 15 is 0 Å². The summed E-state index contributed by atoms with van der Waals surface area (Å²) < 4.78 is 16.2. The number of carbonyl (C=O) groups excluding carboxylic acids is 1. The van der Waals surface area contributed by atoms with Crippen LogP contribution in [0.2, 0.25) is 5.02 Å². The fourth-order valence-corrected chi connectivity index (χ4v) is 2.58. The van der Waals surface area contributed by atoms with Crippen molar-refractivity contribution in [2.45, 2.75) is 6.42 Å². The van der Waals surface area contributed by atoms with Gasteiger partial charge in [-0.05, 0) is 30.3 Å². The summed E-state index contributed by atoms with van der Waals surface area (Å²) in [5, 5.41) is 3.40. The van der Waals surface area contributed by atoms with E-state index in [1.54, 1.807) is 43.5 Å². The van der Waals surface area contributed by atoms with Gasteiger partial charge in [0, 0.05) is 22.3 Å². The van der Waals surface area contributed by atoms with Crippen molar-refractivity contribution in [1.29, 1.82) is 0 Å². The molecule has 0 saturated carbocycles. The monoisotopic (exact) mass is 333 g/mol. The van der Waals surface area contributed by atoms with E-state index < -0.39 is 0 Å². The van der Waals surface area contributed by atoms with Crippen LogP contribution in [0, 0.1) is 0 Å². The zero-order valence-corrected chi connectivity index (χ0v) is 13.4. The van der Waals surface area contributed by atoms with Crippen LogP contribution in [0.5, 0.6) is 17.2 Å². The van der Waals surface area contributed by atoms with Gasteiger partial charge in [-0.2, -0.15) is 0 Å². The van der Waals surface area contributed by atoms with E-state index in [0.29, 0.717) is 41.2 Å². The summed E-state index contributed by atoms with van der Waals surface area (Å²) >= 11 is 5.98. The lowest BCUT2D eigenvalue weighted by Gasteiger charge is -2.19. The number of hydrogen-bond donors (Lipinski definition) is 1. The Kier molecular flexibility index (Phi) is 4.57. The SMILES string of the molecule is COc1ccc(Cl)cc1CC(=O)Nc1ccc2c(c1)OCCO2. The molecule has 0 unspecified atom stereocenters. The van der Waals surface area contributed by atoms with E-state index in [9.17, 15) is 4.79 Å². The van der Waals surface area contributed by atoms with E-state index in [4.69, 9.17) is 25.8 Å². The van der Waals surface area contributed by atoms with Gasteiger partial charge in [0.2, 0.25) is 5.91 Å². The number of fused-ring (bicyclic) bond motifs is 1. The molecule has 120 valence electrons. The number of benzene rings is 2. The molecule has 0 aromatic heterocycles. The highest BCUT2D eigenvalue weighted by atomic mass is 35.5. The fourth-order valence-electron chi connectivity index (χ4n) is 2.38. The van der Waals surface area contributed by atoms with E-state index in [2.05, 4.69) is 5.32 Å². The third kappa shape index (κ3) is 3.68. The molecule has 6 heteroatoms. The third-order valence-corrected chi connectivity index (χ3v) is 3.65. The maximum absolute atomic E-state index is 12.2. The lowest BCUT2D eigenvalue weighted by molar-refractivity contribution is -0.115. The highest BCUT2D eigenvalue weighted by molar-refractivity contribution is 6.30. The van der Waals surface area contributed by atoms with E-state index in [1.807, 2.05) is 0 Å². The lowest BCUT2D eigenvalue weighted by atomic mass is 10.1. The van der Waals surface area contributed by atoms with Crippen molar-refractivity contribution in [2.75, 3.05) is 25.6 Å². The molecule has 1 aliphatic rings. The number of amides is 1. The van der Waals surface area contributed by atoms with Gasteiger partial charge in [0.25, 0.3) is 0 Å². The summed E-state index contributed by atoms with van der Waals surface area (Å²) in [5.74, 6) is 1.79. The molecule has 2 aromatic carbocycles. The van der Waals surface area contributed by atoms with Crippen LogP contribution in [0.25, 0.3) is 0 Å². The normalized spacial score (nSPS) is 12.6. The maximum Gasteiger partial charge on any atom is 0.228 e. The number of hydrogen-bond acceptors (Lipinski definition) is 4. The zero-order chi connectivity index (χ0) is 16.2. The Balaban J connectivity index is 1.71. The predicted octanol–water partition coefficient (Wildman–Crippen LogP) is 3.30. The van der Waals surface area contributed by atoms with Crippen LogP contribution in [-0.2, 0) is 11.2 Å². The first kappa shape index (κ1) is 15.5. The first-order chi connectivity index (χ1) is 11.2. The van der Waals surface area contributed by atoms with Gasteiger partial charge in [-0.25, -0.2) is 0 Å². The largest absolute Gasteiger partial charge is 0.496 e. The van der Waals surface area contributed by atoms with Gasteiger partial charge in [-0.3, -0.25) is 4.79 Å². The minimum Gasteiger partial charge on any atom is -0.496 e. The molecule has 1 aliphatic heterocycles. The number of nitrogens with one attached hydrogen (secondary N) is 1. The standard InChI is InChI=1S/C17H16ClNO4/c1-21-14-4-2-12(18)8-11(14)9-17(20)19-13-3-5-15-16(10-13)23-7-6-22-15/h2-5,8,10H,6-7,9H2,1H3,(H,19,20). The van der Waals surface area contributed by atoms with Gasteiger partial charge in [-0.1, -0.05) is 11.6 Å². The Morgan fingerprint density at radius 2 is 1.96 bits per heavy atom. The lowest BCUT2D eigenvalue weighted by Crippen LogP contribution is -2.17. The molecule has 0 saturated heterocycles. The summed E-state index contributed by atoms with van der Waals surface area (Å²) in [5.41, 5.74) is 1.38. The van der Waals surface area contributed by atoms with Gasteiger partial charge in [0.1, 0.15) is 19.0 Å². The van der Waals surface area contributed by atoms with Crippen LogP contribution >= 0.6 is 11.6 Å². The summed E-state index contributed by atoms with van der Waals surface area (Å²) in [6.45, 7) is 1.04. The number of rotatable bonds is 4. The molecular weight excluding hydrogens is 318 g/mol. The molecule has 2 aromatic rings. The number of ether oxygens (including phenoxy) is 3. The quantitative estimate of drug-likeness (QED) is 0.932. The molecular formula is C17H16ClNO4. The Labute approximate surface area is 139 Å². The Morgan fingerprint density at radius 3 is 2.74 bits per heavy atom. The molecule has 1 amide bonds. The molecule has 0 radical (unpaired) electrons. The van der Waals surface area contributed by atoms with Crippen molar-refractivity contribution < 1.29 is 19.0 Å². The smallest absolute Gasteiger partial charge is 0.228 e.